The van der Waals surface area contributed by atoms with Gasteiger partial charge in [-0.2, -0.15) is 5.26 Å². The van der Waals surface area contributed by atoms with Gasteiger partial charge in [-0.1, -0.05) is 54.6 Å². The molecule has 0 spiro atoms. The summed E-state index contributed by atoms with van der Waals surface area (Å²) in [4.78, 5) is 17.0. The maximum Gasteiger partial charge on any atom is 0.186 e. The van der Waals surface area contributed by atoms with Crippen LogP contribution in [0.2, 0.25) is 0 Å². The molecule has 0 aliphatic carbocycles. The number of carbonyl (C=O) groups excluding carboxylic acids is 1. The summed E-state index contributed by atoms with van der Waals surface area (Å²) in [6.07, 6.45) is 5.58. The van der Waals surface area contributed by atoms with Crippen molar-refractivity contribution in [2.24, 2.45) is 0 Å². The number of aromatic amines is 1. The van der Waals surface area contributed by atoms with Crippen LogP contribution in [0.3, 0.4) is 0 Å². The molecule has 0 radical (unpaired) electrons. The molecule has 35 heavy (non-hydrogen) atoms. The van der Waals surface area contributed by atoms with Crippen LogP contribution in [0.4, 0.5) is 0 Å². The molecule has 0 saturated heterocycles. The molecule has 0 fully saturated rings. The Morgan fingerprint density at radius 3 is 2.57 bits per heavy atom. The molecule has 3 aromatic carbocycles. The van der Waals surface area contributed by atoms with E-state index in [1.807, 2.05) is 72.8 Å². The average Bonchev–Trinajstić information content (AvgIpc) is 3.33. The van der Waals surface area contributed by atoms with Crippen LogP contribution in [-0.4, -0.2) is 30.6 Å². The molecule has 4 aromatic rings. The van der Waals surface area contributed by atoms with Gasteiger partial charge in [-0.15, -0.1) is 0 Å². The molecule has 174 valence electrons. The van der Waals surface area contributed by atoms with Gasteiger partial charge in [-0.25, -0.2) is 0 Å². The van der Waals surface area contributed by atoms with E-state index in [9.17, 15) is 4.79 Å². The molecule has 0 amide bonds. The van der Waals surface area contributed by atoms with Crippen LogP contribution in [0.15, 0.2) is 85.2 Å². The number of H-pyrrole nitrogens is 1. The van der Waals surface area contributed by atoms with Crippen molar-refractivity contribution in [3.05, 3.63) is 113 Å². The van der Waals surface area contributed by atoms with Crippen molar-refractivity contribution >= 4 is 28.5 Å². The second-order valence-corrected chi connectivity index (χ2v) is 8.22. The van der Waals surface area contributed by atoms with Crippen molar-refractivity contribution in [3.63, 3.8) is 0 Å². The van der Waals surface area contributed by atoms with Gasteiger partial charge in [-0.05, 0) is 41.3 Å². The molecule has 6 nitrogen and oxygen atoms in total. The molecule has 6 heteroatoms. The Hall–Kier alpha value is -4.47. The van der Waals surface area contributed by atoms with Crippen molar-refractivity contribution < 1.29 is 4.79 Å². The summed E-state index contributed by atoms with van der Waals surface area (Å²) in [5, 5.41) is 23.9. The Morgan fingerprint density at radius 1 is 1.11 bits per heavy atom. The van der Waals surface area contributed by atoms with E-state index < -0.39 is 6.04 Å². The number of benzene rings is 3. The second kappa shape index (κ2) is 11.1. The number of allylic oxidation sites excluding steroid dienone is 1. The van der Waals surface area contributed by atoms with Crippen LogP contribution < -0.4 is 10.6 Å². The standard InChI is InChI=1S/C29H27N5O/c1-32-18-24(17-31)23-11-12-25-26(19-34-27(25)15-23)29(35)28(22-5-3-2-4-6-22)33-14-13-20-7-9-21(16-30)10-8-20/h2-12,15,17-19,28,31-34H,13-14H2,1H3/b24-18+,31-17?. The van der Waals surface area contributed by atoms with E-state index in [-0.39, 0.29) is 5.78 Å². The molecule has 1 aromatic heterocycles. The van der Waals surface area contributed by atoms with Crippen molar-refractivity contribution in [3.8, 4) is 6.07 Å². The predicted molar refractivity (Wildman–Crippen MR) is 140 cm³/mol. The monoisotopic (exact) mass is 461 g/mol. The maximum atomic E-state index is 13.7. The summed E-state index contributed by atoms with van der Waals surface area (Å²) in [5.74, 6) is -0.00641. The van der Waals surface area contributed by atoms with Crippen LogP contribution in [-0.2, 0) is 6.42 Å². The molecule has 4 N–H and O–H groups in total. The smallest absolute Gasteiger partial charge is 0.186 e. The van der Waals surface area contributed by atoms with Crippen molar-refractivity contribution in [2.75, 3.05) is 13.6 Å². The Balaban J connectivity index is 1.58. The third-order valence-corrected chi connectivity index (χ3v) is 5.98. The van der Waals surface area contributed by atoms with Crippen molar-refractivity contribution in [1.29, 1.82) is 10.7 Å². The topological polar surface area (TPSA) is 105 Å². The van der Waals surface area contributed by atoms with E-state index >= 15 is 0 Å². The molecule has 0 saturated carbocycles. The Morgan fingerprint density at radius 2 is 1.89 bits per heavy atom. The summed E-state index contributed by atoms with van der Waals surface area (Å²) < 4.78 is 0. The summed E-state index contributed by atoms with van der Waals surface area (Å²) in [6, 6.07) is 24.7. The number of rotatable bonds is 10. The van der Waals surface area contributed by atoms with Crippen LogP contribution in [0.1, 0.15) is 38.7 Å². The molecule has 0 aliphatic rings. The highest BCUT2D eigenvalue weighted by Gasteiger charge is 2.24. The summed E-state index contributed by atoms with van der Waals surface area (Å²) >= 11 is 0. The predicted octanol–water partition coefficient (Wildman–Crippen LogP) is 5.01. The number of nitrogens with one attached hydrogen (secondary N) is 4. The van der Waals surface area contributed by atoms with E-state index in [0.717, 1.165) is 39.6 Å². The summed E-state index contributed by atoms with van der Waals surface area (Å²) in [6.45, 7) is 0.612. The molecule has 1 heterocycles. The number of nitrogens with zero attached hydrogens (tertiary/aromatic N) is 1. The van der Waals surface area contributed by atoms with Gasteiger partial charge in [0.15, 0.2) is 5.78 Å². The van der Waals surface area contributed by atoms with Gasteiger partial charge in [0.1, 0.15) is 0 Å². The minimum Gasteiger partial charge on any atom is -0.393 e. The highest BCUT2D eigenvalue weighted by molar-refractivity contribution is 6.13. The summed E-state index contributed by atoms with van der Waals surface area (Å²) in [5.41, 5.74) is 5.76. The van der Waals surface area contributed by atoms with Gasteiger partial charge < -0.3 is 21.0 Å². The highest BCUT2D eigenvalue weighted by atomic mass is 16.1. The number of aromatic nitrogens is 1. The van der Waals surface area contributed by atoms with Crippen LogP contribution in [0.5, 0.6) is 0 Å². The zero-order chi connectivity index (χ0) is 24.6. The van der Waals surface area contributed by atoms with Gasteiger partial charge in [0.05, 0.1) is 17.7 Å². The van der Waals surface area contributed by atoms with Gasteiger partial charge in [-0.3, -0.25) is 4.79 Å². The first-order valence-corrected chi connectivity index (χ1v) is 11.5. The minimum atomic E-state index is -0.491. The number of ketones is 1. The maximum absolute atomic E-state index is 13.7. The Kier molecular flexibility index (Phi) is 7.51. The van der Waals surface area contributed by atoms with Crippen molar-refractivity contribution in [1.82, 2.24) is 15.6 Å². The third-order valence-electron chi connectivity index (χ3n) is 5.98. The van der Waals surface area contributed by atoms with Crippen LogP contribution in [0.25, 0.3) is 16.5 Å². The van der Waals surface area contributed by atoms with Crippen LogP contribution >= 0.6 is 0 Å². The molecule has 1 unspecified atom stereocenters. The fraction of sp³-hybridized carbons (Fsp3) is 0.138. The molecule has 0 bridgehead atoms. The molecular formula is C29H27N5O. The number of fused-ring (bicyclic) bond motifs is 1. The molecule has 4 rings (SSSR count). The summed E-state index contributed by atoms with van der Waals surface area (Å²) in [7, 11) is 1.80. The average molecular weight is 462 g/mol. The third kappa shape index (κ3) is 5.37. The number of Topliss-reactive ketones (excluding diaryl/α,β-unsaturated/α-hetero) is 1. The van der Waals surface area contributed by atoms with E-state index in [1.165, 1.54) is 6.21 Å². The van der Waals surface area contributed by atoms with E-state index in [1.54, 1.807) is 19.4 Å². The fourth-order valence-corrected chi connectivity index (χ4v) is 4.14. The second-order valence-electron chi connectivity index (χ2n) is 8.22. The molecular weight excluding hydrogens is 434 g/mol. The van der Waals surface area contributed by atoms with Crippen molar-refractivity contribution in [2.45, 2.75) is 12.5 Å². The highest BCUT2D eigenvalue weighted by Crippen LogP contribution is 2.27. The number of nitriles is 1. The van der Waals surface area contributed by atoms with Gasteiger partial charge in [0.25, 0.3) is 0 Å². The number of carbonyl (C=O) groups is 1. The van der Waals surface area contributed by atoms with Crippen LogP contribution in [0, 0.1) is 16.7 Å². The van der Waals surface area contributed by atoms with E-state index in [2.05, 4.69) is 21.7 Å². The zero-order valence-corrected chi connectivity index (χ0v) is 19.5. The SMILES string of the molecule is CN/C=C(\C=N)c1ccc2c(C(=O)C(NCCc3ccc(C#N)cc3)c3ccccc3)c[nH]c2c1. The zero-order valence-electron chi connectivity index (χ0n) is 19.5. The van der Waals surface area contributed by atoms with E-state index in [0.29, 0.717) is 17.7 Å². The Bertz CT molecular complexity index is 1390. The fourth-order valence-electron chi connectivity index (χ4n) is 4.14. The first-order chi connectivity index (χ1) is 17.1. The van der Waals surface area contributed by atoms with Gasteiger partial charge in [0.2, 0.25) is 0 Å². The van der Waals surface area contributed by atoms with Gasteiger partial charge in [0, 0.05) is 54.2 Å². The quantitative estimate of drug-likeness (QED) is 0.197. The Labute approximate surface area is 204 Å². The molecule has 1 atom stereocenters. The first-order valence-electron chi connectivity index (χ1n) is 11.5. The van der Waals surface area contributed by atoms with E-state index in [4.69, 9.17) is 10.7 Å². The van der Waals surface area contributed by atoms with Gasteiger partial charge >= 0.3 is 0 Å². The largest absolute Gasteiger partial charge is 0.393 e. The number of hydrogen-bond acceptors (Lipinski definition) is 5. The molecule has 0 aliphatic heterocycles. The normalized spacial score (nSPS) is 12.2. The lowest BCUT2D eigenvalue weighted by atomic mass is 9.96. The first kappa shape index (κ1) is 23.7. The minimum absolute atomic E-state index is 0.00641. The lowest BCUT2D eigenvalue weighted by Crippen LogP contribution is -2.30. The lowest BCUT2D eigenvalue weighted by Gasteiger charge is -2.18. The number of hydrogen-bond donors (Lipinski definition) is 4. The lowest BCUT2D eigenvalue weighted by molar-refractivity contribution is 0.0945.